The maximum Gasteiger partial charge on any atom is 0.330 e. The Morgan fingerprint density at radius 1 is 1.52 bits per heavy atom. The van der Waals surface area contributed by atoms with Crippen LogP contribution >= 0.6 is 11.6 Å². The molecule has 2 N–H and O–H groups in total. The zero-order chi connectivity index (χ0) is 15.1. The molecule has 1 unspecified atom stereocenters. The zero-order valence-corrected chi connectivity index (χ0v) is 12.1. The van der Waals surface area contributed by atoms with Crippen LogP contribution in [0, 0.1) is 6.92 Å². The third-order valence-corrected chi connectivity index (χ3v) is 4.14. The van der Waals surface area contributed by atoms with E-state index in [-0.39, 0.29) is 18.0 Å². The molecule has 4 atom stereocenters. The Bertz CT molecular complexity index is 645. The van der Waals surface area contributed by atoms with Crippen LogP contribution < -0.4 is 11.2 Å². The Kier molecular flexibility index (Phi) is 3.89. The Morgan fingerprint density at radius 3 is 3.00 bits per heavy atom. The number of aromatic amines is 1. The van der Waals surface area contributed by atoms with Crippen molar-refractivity contribution in [3.8, 4) is 0 Å². The van der Waals surface area contributed by atoms with Gasteiger partial charge in [-0.1, -0.05) is 0 Å². The molecule has 2 aliphatic rings. The maximum absolute atomic E-state index is 11.9. The molecule has 0 aliphatic carbocycles. The Balaban J connectivity index is 1.86. The van der Waals surface area contributed by atoms with E-state index in [9.17, 15) is 14.8 Å². The molecule has 3 rings (SSSR count). The molecule has 0 saturated carbocycles. The minimum atomic E-state index is -0.579. The highest BCUT2D eigenvalue weighted by atomic mass is 35.5. The summed E-state index contributed by atoms with van der Waals surface area (Å²) < 4.78 is 12.5. The predicted molar refractivity (Wildman–Crippen MR) is 72.5 cm³/mol. The van der Waals surface area contributed by atoms with Gasteiger partial charge in [0.05, 0.1) is 18.5 Å². The van der Waals surface area contributed by atoms with Gasteiger partial charge in [-0.05, 0) is 6.92 Å². The van der Waals surface area contributed by atoms with E-state index in [0.717, 1.165) is 5.06 Å². The van der Waals surface area contributed by atoms with E-state index in [1.807, 2.05) is 0 Å². The number of hydrogen-bond donors (Lipinski definition) is 2. The molecular formula is C12H16ClN3O5. The third-order valence-electron chi connectivity index (χ3n) is 3.88. The van der Waals surface area contributed by atoms with E-state index in [0.29, 0.717) is 18.6 Å². The van der Waals surface area contributed by atoms with E-state index >= 15 is 0 Å². The van der Waals surface area contributed by atoms with E-state index in [4.69, 9.17) is 21.1 Å². The van der Waals surface area contributed by atoms with Gasteiger partial charge in [0.1, 0.15) is 18.6 Å². The maximum atomic E-state index is 11.9. The molecule has 21 heavy (non-hydrogen) atoms. The molecule has 2 saturated heterocycles. The molecular weight excluding hydrogens is 302 g/mol. The fourth-order valence-corrected chi connectivity index (χ4v) is 2.96. The predicted octanol–water partition coefficient (Wildman–Crippen LogP) is -0.213. The van der Waals surface area contributed by atoms with Crippen LogP contribution in [0.1, 0.15) is 18.2 Å². The number of aryl methyl sites for hydroxylation is 1. The van der Waals surface area contributed by atoms with Gasteiger partial charge in [0, 0.05) is 18.2 Å². The SMILES string of the molecule is Cc1cn([C@H]2C[C@@H]3[C@@H](COC(CCl)N3O)O2)c(=O)[nH]c1=O. The average Bonchev–Trinajstić information content (AvgIpc) is 2.88. The number of nitrogens with zero attached hydrogens (tertiary/aromatic N) is 2. The molecule has 2 aliphatic heterocycles. The second kappa shape index (κ2) is 5.54. The van der Waals surface area contributed by atoms with E-state index < -0.39 is 23.7 Å². The largest absolute Gasteiger partial charge is 0.357 e. The standard InChI is InChI=1S/C12H16ClN3O5/c1-6-4-15(12(18)14-11(6)17)9-2-7-8(21-9)5-20-10(3-13)16(7)19/h4,7-10,19H,2-3,5H2,1H3,(H,14,17,18)/t7-,8-,9-,10?/m1/s1. The number of H-pyrrole nitrogens is 1. The summed E-state index contributed by atoms with van der Waals surface area (Å²) in [7, 11) is 0. The molecule has 2 fully saturated rings. The van der Waals surface area contributed by atoms with Gasteiger partial charge in [0.15, 0.2) is 0 Å². The van der Waals surface area contributed by atoms with Crippen molar-refractivity contribution in [3.63, 3.8) is 0 Å². The first-order valence-corrected chi connectivity index (χ1v) is 7.17. The molecule has 1 aromatic heterocycles. The normalized spacial score (nSPS) is 33.1. The number of rotatable bonds is 2. The quantitative estimate of drug-likeness (QED) is 0.733. The lowest BCUT2D eigenvalue weighted by molar-refractivity contribution is -0.277. The number of alkyl halides is 1. The summed E-state index contributed by atoms with van der Waals surface area (Å²) in [6.45, 7) is 1.91. The Hall–Kier alpha value is -1.19. The molecule has 0 radical (unpaired) electrons. The van der Waals surface area contributed by atoms with Crippen molar-refractivity contribution in [3.05, 3.63) is 32.6 Å². The van der Waals surface area contributed by atoms with Crippen LogP contribution in [0.2, 0.25) is 0 Å². The Labute approximate surface area is 124 Å². The van der Waals surface area contributed by atoms with Gasteiger partial charge in [0.25, 0.3) is 5.56 Å². The highest BCUT2D eigenvalue weighted by molar-refractivity contribution is 6.18. The zero-order valence-electron chi connectivity index (χ0n) is 11.4. The van der Waals surface area contributed by atoms with Crippen molar-refractivity contribution < 1.29 is 14.7 Å². The van der Waals surface area contributed by atoms with Crippen molar-refractivity contribution in [2.75, 3.05) is 12.5 Å². The van der Waals surface area contributed by atoms with Crippen LogP contribution in [0.25, 0.3) is 0 Å². The number of hydrogen-bond acceptors (Lipinski definition) is 6. The number of fused-ring (bicyclic) bond motifs is 1. The lowest BCUT2D eigenvalue weighted by atomic mass is 10.1. The monoisotopic (exact) mass is 317 g/mol. The lowest BCUT2D eigenvalue weighted by Gasteiger charge is -2.37. The van der Waals surface area contributed by atoms with E-state index in [1.54, 1.807) is 6.92 Å². The summed E-state index contributed by atoms with van der Waals surface area (Å²) in [5, 5.41) is 11.1. The van der Waals surface area contributed by atoms with Crippen molar-refractivity contribution >= 4 is 11.6 Å². The van der Waals surface area contributed by atoms with Gasteiger partial charge in [0.2, 0.25) is 0 Å². The van der Waals surface area contributed by atoms with Gasteiger partial charge in [-0.2, -0.15) is 5.06 Å². The second-order valence-corrected chi connectivity index (χ2v) is 5.54. The first-order chi connectivity index (χ1) is 10.0. The van der Waals surface area contributed by atoms with Crippen LogP contribution in [0.4, 0.5) is 0 Å². The molecule has 9 heteroatoms. The van der Waals surface area contributed by atoms with E-state index in [1.165, 1.54) is 10.8 Å². The summed E-state index contributed by atoms with van der Waals surface area (Å²) in [5.41, 5.74) is -0.529. The van der Waals surface area contributed by atoms with Crippen molar-refractivity contribution in [2.24, 2.45) is 0 Å². The van der Waals surface area contributed by atoms with Crippen molar-refractivity contribution in [1.82, 2.24) is 14.6 Å². The topological polar surface area (TPSA) is 96.8 Å². The molecule has 1 aromatic rings. The first-order valence-electron chi connectivity index (χ1n) is 6.63. The first kappa shape index (κ1) is 14.7. The molecule has 0 bridgehead atoms. The van der Waals surface area contributed by atoms with Crippen LogP contribution in [-0.4, -0.2) is 50.7 Å². The summed E-state index contributed by atoms with van der Waals surface area (Å²) in [4.78, 5) is 25.5. The Morgan fingerprint density at radius 2 is 2.29 bits per heavy atom. The molecule has 8 nitrogen and oxygen atoms in total. The third kappa shape index (κ3) is 2.53. The van der Waals surface area contributed by atoms with Gasteiger partial charge in [-0.15, -0.1) is 11.6 Å². The van der Waals surface area contributed by atoms with Gasteiger partial charge in [-0.3, -0.25) is 14.3 Å². The van der Waals surface area contributed by atoms with Gasteiger partial charge >= 0.3 is 5.69 Å². The molecule has 0 aromatic carbocycles. The summed E-state index contributed by atoms with van der Waals surface area (Å²) in [5.74, 6) is 0.141. The van der Waals surface area contributed by atoms with Crippen molar-refractivity contribution in [1.29, 1.82) is 0 Å². The fourth-order valence-electron chi connectivity index (χ4n) is 2.73. The van der Waals surface area contributed by atoms with Gasteiger partial charge < -0.3 is 14.7 Å². The minimum absolute atomic E-state index is 0.141. The number of ether oxygens (including phenoxy) is 2. The number of aromatic nitrogens is 2. The van der Waals surface area contributed by atoms with Crippen LogP contribution in [-0.2, 0) is 9.47 Å². The number of halogens is 1. The summed E-state index contributed by atoms with van der Waals surface area (Å²) >= 11 is 5.72. The highest BCUT2D eigenvalue weighted by Gasteiger charge is 2.45. The fraction of sp³-hybridized carbons (Fsp3) is 0.667. The van der Waals surface area contributed by atoms with Gasteiger partial charge in [-0.25, -0.2) is 4.79 Å². The summed E-state index contributed by atoms with van der Waals surface area (Å²) in [6, 6.07) is -0.299. The average molecular weight is 318 g/mol. The van der Waals surface area contributed by atoms with Crippen LogP contribution in [0.15, 0.2) is 15.8 Å². The molecule has 3 heterocycles. The number of nitrogens with one attached hydrogen (secondary N) is 1. The van der Waals surface area contributed by atoms with E-state index in [2.05, 4.69) is 4.98 Å². The second-order valence-electron chi connectivity index (χ2n) is 5.23. The van der Waals surface area contributed by atoms with Crippen LogP contribution in [0.5, 0.6) is 0 Å². The molecule has 116 valence electrons. The smallest absolute Gasteiger partial charge is 0.330 e. The number of hydroxylamine groups is 2. The highest BCUT2D eigenvalue weighted by Crippen LogP contribution is 2.34. The van der Waals surface area contributed by atoms with Crippen molar-refractivity contribution in [2.45, 2.75) is 37.9 Å². The molecule has 0 spiro atoms. The lowest BCUT2D eigenvalue weighted by Crippen LogP contribution is -2.53. The minimum Gasteiger partial charge on any atom is -0.357 e. The summed E-state index contributed by atoms with van der Waals surface area (Å²) in [6.07, 6.45) is 0.381. The molecule has 0 amide bonds. The van der Waals surface area contributed by atoms with Crippen LogP contribution in [0.3, 0.4) is 0 Å².